The molecule has 1 saturated heterocycles. The highest BCUT2D eigenvalue weighted by atomic mass is 15.2. The van der Waals surface area contributed by atoms with Gasteiger partial charge in [-0.3, -0.25) is 0 Å². The summed E-state index contributed by atoms with van der Waals surface area (Å²) in [7, 11) is 2.00. The van der Waals surface area contributed by atoms with Crippen LogP contribution in [0.5, 0.6) is 0 Å². The molecule has 0 aromatic carbocycles. The van der Waals surface area contributed by atoms with E-state index in [4.69, 9.17) is 5.73 Å². The molecule has 116 valence electrons. The first-order valence-corrected chi connectivity index (χ1v) is 7.57. The Morgan fingerprint density at radius 3 is 2.55 bits per heavy atom. The highest BCUT2D eigenvalue weighted by Crippen LogP contribution is 2.21. The molecule has 0 radical (unpaired) electrons. The van der Waals surface area contributed by atoms with Gasteiger partial charge in [-0.15, -0.1) is 0 Å². The molecule has 0 amide bonds. The number of hydrogen-bond acceptors (Lipinski definition) is 7. The first-order chi connectivity index (χ1) is 10.7. The molecule has 7 nitrogen and oxygen atoms in total. The second-order valence-corrected chi connectivity index (χ2v) is 5.59. The maximum Gasteiger partial charge on any atom is 0.219 e. The van der Waals surface area contributed by atoms with Gasteiger partial charge in [0.25, 0.3) is 0 Å². The average Bonchev–Trinajstić information content (AvgIpc) is 2.58. The van der Waals surface area contributed by atoms with Crippen LogP contribution < -0.4 is 15.5 Å². The number of aromatic nitrogens is 4. The first kappa shape index (κ1) is 14.5. The quantitative estimate of drug-likeness (QED) is 0.915. The Labute approximate surface area is 130 Å². The van der Waals surface area contributed by atoms with E-state index in [1.807, 2.05) is 13.1 Å². The number of rotatable bonds is 4. The molecule has 22 heavy (non-hydrogen) atoms. The fourth-order valence-electron chi connectivity index (χ4n) is 2.64. The second-order valence-electron chi connectivity index (χ2n) is 5.59. The molecule has 3 heterocycles. The van der Waals surface area contributed by atoms with Gasteiger partial charge in [-0.2, -0.15) is 0 Å². The number of piperidine rings is 1. The number of nitrogens with zero attached hydrogens (tertiary/aromatic N) is 6. The monoisotopic (exact) mass is 299 g/mol. The summed E-state index contributed by atoms with van der Waals surface area (Å²) in [6, 6.07) is 2.05. The Morgan fingerprint density at radius 2 is 1.82 bits per heavy atom. The van der Waals surface area contributed by atoms with Crippen molar-refractivity contribution in [2.45, 2.75) is 25.8 Å². The van der Waals surface area contributed by atoms with Crippen molar-refractivity contribution in [3.05, 3.63) is 30.4 Å². The van der Waals surface area contributed by atoms with Crippen LogP contribution in [0.4, 0.5) is 17.6 Å². The Bertz CT molecular complexity index is 608. The van der Waals surface area contributed by atoms with Crippen molar-refractivity contribution in [2.24, 2.45) is 0 Å². The van der Waals surface area contributed by atoms with Gasteiger partial charge >= 0.3 is 0 Å². The molecule has 1 fully saturated rings. The average molecular weight is 299 g/mol. The predicted octanol–water partition coefficient (Wildman–Crippen LogP) is 1.48. The van der Waals surface area contributed by atoms with Crippen molar-refractivity contribution in [2.75, 3.05) is 35.7 Å². The molecule has 0 atom stereocenters. The molecule has 1 aliphatic heterocycles. The summed E-state index contributed by atoms with van der Waals surface area (Å²) < 4.78 is 0. The molecule has 1 aliphatic rings. The summed E-state index contributed by atoms with van der Waals surface area (Å²) in [5.74, 6) is 2.19. The van der Waals surface area contributed by atoms with Gasteiger partial charge < -0.3 is 15.5 Å². The minimum absolute atomic E-state index is 0.292. The minimum atomic E-state index is 0.292. The Hall–Kier alpha value is -2.44. The second kappa shape index (κ2) is 6.55. The molecule has 2 aromatic rings. The third-order valence-electron chi connectivity index (χ3n) is 3.85. The standard InChI is InChI=1S/C15H21N7/c1-21(10-12-8-17-15(16)18-9-12)13-7-14(20-11-19-13)22-5-3-2-4-6-22/h7-9,11H,2-6,10H2,1H3,(H2,16,17,18). The molecule has 2 aromatic heterocycles. The summed E-state index contributed by atoms with van der Waals surface area (Å²) in [5.41, 5.74) is 6.50. The first-order valence-electron chi connectivity index (χ1n) is 7.57. The van der Waals surface area contributed by atoms with Gasteiger partial charge in [-0.25, -0.2) is 19.9 Å². The zero-order valence-corrected chi connectivity index (χ0v) is 12.8. The summed E-state index contributed by atoms with van der Waals surface area (Å²) in [5, 5.41) is 0. The Morgan fingerprint density at radius 1 is 1.09 bits per heavy atom. The van der Waals surface area contributed by atoms with E-state index in [-0.39, 0.29) is 0 Å². The highest BCUT2D eigenvalue weighted by Gasteiger charge is 2.14. The minimum Gasteiger partial charge on any atom is -0.368 e. The van der Waals surface area contributed by atoms with E-state index < -0.39 is 0 Å². The van der Waals surface area contributed by atoms with Crippen LogP contribution in [0.2, 0.25) is 0 Å². The van der Waals surface area contributed by atoms with Crippen LogP contribution >= 0.6 is 0 Å². The van der Waals surface area contributed by atoms with Gasteiger partial charge in [0.1, 0.15) is 18.0 Å². The number of nitrogen functional groups attached to an aromatic ring is 1. The van der Waals surface area contributed by atoms with Crippen molar-refractivity contribution in [1.29, 1.82) is 0 Å². The molecule has 0 bridgehead atoms. The molecule has 0 spiro atoms. The SMILES string of the molecule is CN(Cc1cnc(N)nc1)c1cc(N2CCCCC2)ncn1. The van der Waals surface area contributed by atoms with Crippen molar-refractivity contribution in [1.82, 2.24) is 19.9 Å². The van der Waals surface area contributed by atoms with Gasteiger partial charge in [-0.1, -0.05) is 0 Å². The predicted molar refractivity (Wildman–Crippen MR) is 86.6 cm³/mol. The van der Waals surface area contributed by atoms with Crippen LogP contribution in [-0.2, 0) is 6.54 Å². The number of anilines is 3. The summed E-state index contributed by atoms with van der Waals surface area (Å²) in [6.45, 7) is 2.83. The van der Waals surface area contributed by atoms with Crippen molar-refractivity contribution < 1.29 is 0 Å². The molecule has 7 heteroatoms. The van der Waals surface area contributed by atoms with Gasteiger partial charge in [0.05, 0.1) is 0 Å². The van der Waals surface area contributed by atoms with Gasteiger partial charge in [0, 0.05) is 50.7 Å². The van der Waals surface area contributed by atoms with Crippen molar-refractivity contribution in [3.63, 3.8) is 0 Å². The largest absolute Gasteiger partial charge is 0.368 e. The zero-order valence-electron chi connectivity index (χ0n) is 12.8. The van der Waals surface area contributed by atoms with E-state index in [1.54, 1.807) is 18.7 Å². The van der Waals surface area contributed by atoms with Crippen LogP contribution in [0.1, 0.15) is 24.8 Å². The topological polar surface area (TPSA) is 84.1 Å². The smallest absolute Gasteiger partial charge is 0.219 e. The molecular weight excluding hydrogens is 278 g/mol. The van der Waals surface area contributed by atoms with E-state index in [2.05, 4.69) is 29.7 Å². The van der Waals surface area contributed by atoms with Gasteiger partial charge in [0.2, 0.25) is 5.95 Å². The molecule has 0 saturated carbocycles. The lowest BCUT2D eigenvalue weighted by molar-refractivity contribution is 0.573. The molecule has 2 N–H and O–H groups in total. The van der Waals surface area contributed by atoms with Crippen LogP contribution in [0.25, 0.3) is 0 Å². The molecule has 3 rings (SSSR count). The lowest BCUT2D eigenvalue weighted by atomic mass is 10.1. The van der Waals surface area contributed by atoms with Crippen LogP contribution in [0, 0.1) is 0 Å². The van der Waals surface area contributed by atoms with Crippen molar-refractivity contribution in [3.8, 4) is 0 Å². The van der Waals surface area contributed by atoms with E-state index in [0.29, 0.717) is 12.5 Å². The highest BCUT2D eigenvalue weighted by molar-refractivity contribution is 5.50. The Balaban J connectivity index is 1.71. The maximum atomic E-state index is 5.51. The summed E-state index contributed by atoms with van der Waals surface area (Å²) >= 11 is 0. The van der Waals surface area contributed by atoms with Crippen molar-refractivity contribution >= 4 is 17.6 Å². The molecular formula is C15H21N7. The van der Waals surface area contributed by atoms with E-state index in [0.717, 1.165) is 30.3 Å². The van der Waals surface area contributed by atoms with Gasteiger partial charge in [-0.05, 0) is 19.3 Å². The zero-order chi connectivity index (χ0) is 15.4. The van der Waals surface area contributed by atoms with Crippen LogP contribution in [0.3, 0.4) is 0 Å². The van der Waals surface area contributed by atoms with Crippen LogP contribution in [-0.4, -0.2) is 40.1 Å². The summed E-state index contributed by atoms with van der Waals surface area (Å²) in [6.07, 6.45) is 8.90. The third kappa shape index (κ3) is 3.41. The normalized spacial score (nSPS) is 14.9. The van der Waals surface area contributed by atoms with E-state index in [1.165, 1.54) is 19.3 Å². The van der Waals surface area contributed by atoms with E-state index >= 15 is 0 Å². The lowest BCUT2D eigenvalue weighted by Gasteiger charge is -2.28. The van der Waals surface area contributed by atoms with E-state index in [9.17, 15) is 0 Å². The Kier molecular flexibility index (Phi) is 4.32. The molecule has 0 aliphatic carbocycles. The fraction of sp³-hybridized carbons (Fsp3) is 0.467. The van der Waals surface area contributed by atoms with Gasteiger partial charge in [0.15, 0.2) is 0 Å². The number of nitrogens with two attached hydrogens (primary N) is 1. The molecule has 0 unspecified atom stereocenters. The summed E-state index contributed by atoms with van der Waals surface area (Å²) in [4.78, 5) is 21.2. The van der Waals surface area contributed by atoms with Crippen LogP contribution in [0.15, 0.2) is 24.8 Å². The number of hydrogen-bond donors (Lipinski definition) is 1. The fourth-order valence-corrected chi connectivity index (χ4v) is 2.64. The third-order valence-corrected chi connectivity index (χ3v) is 3.85. The lowest BCUT2D eigenvalue weighted by Crippen LogP contribution is -2.30. The maximum absolute atomic E-state index is 5.51.